The number of methoxy groups -OCH3 is 1. The molecule has 0 aromatic heterocycles. The zero-order chi connectivity index (χ0) is 21.5. The minimum Gasteiger partial charge on any atom is -0.494 e. The lowest BCUT2D eigenvalue weighted by molar-refractivity contribution is -0.118. The van der Waals surface area contributed by atoms with Crippen molar-refractivity contribution in [3.8, 4) is 11.5 Å². The van der Waals surface area contributed by atoms with E-state index >= 15 is 0 Å². The lowest BCUT2D eigenvalue weighted by atomic mass is 10.2. The van der Waals surface area contributed by atoms with Crippen LogP contribution in [0.15, 0.2) is 65.7 Å². The number of rotatable bonds is 7. The van der Waals surface area contributed by atoms with Crippen molar-refractivity contribution >= 4 is 46.7 Å². The summed E-state index contributed by atoms with van der Waals surface area (Å²) in [4.78, 5) is 16.3. The summed E-state index contributed by atoms with van der Waals surface area (Å²) >= 11 is 12.2. The van der Waals surface area contributed by atoms with Gasteiger partial charge in [-0.15, -0.1) is 0 Å². The highest BCUT2D eigenvalue weighted by Crippen LogP contribution is 2.31. The van der Waals surface area contributed by atoms with Crippen molar-refractivity contribution in [3.63, 3.8) is 0 Å². The highest BCUT2D eigenvalue weighted by atomic mass is 35.5. The summed E-state index contributed by atoms with van der Waals surface area (Å²) in [6.45, 7) is -0.318. The minimum atomic E-state index is -0.524. The number of hydrogen-bond donors (Lipinski definition) is 1. The van der Waals surface area contributed by atoms with Crippen LogP contribution in [0.1, 0.15) is 5.56 Å². The molecule has 0 saturated heterocycles. The van der Waals surface area contributed by atoms with Gasteiger partial charge in [0.05, 0.1) is 17.8 Å². The molecule has 0 aliphatic rings. The first kappa shape index (κ1) is 21.6. The van der Waals surface area contributed by atoms with Gasteiger partial charge in [0.1, 0.15) is 23.0 Å². The third-order valence-electron chi connectivity index (χ3n) is 3.96. The van der Waals surface area contributed by atoms with E-state index in [1.807, 2.05) is 0 Å². The van der Waals surface area contributed by atoms with Crippen molar-refractivity contribution in [2.24, 2.45) is 4.99 Å². The fourth-order valence-electron chi connectivity index (χ4n) is 2.51. The molecule has 0 spiro atoms. The molecule has 0 aliphatic heterocycles. The van der Waals surface area contributed by atoms with E-state index in [9.17, 15) is 9.18 Å². The molecule has 0 bridgehead atoms. The van der Waals surface area contributed by atoms with Crippen LogP contribution in [-0.4, -0.2) is 25.8 Å². The first-order valence-corrected chi connectivity index (χ1v) is 9.56. The molecule has 0 heterocycles. The largest absolute Gasteiger partial charge is 0.494 e. The Hall–Kier alpha value is -3.09. The monoisotopic (exact) mass is 446 g/mol. The van der Waals surface area contributed by atoms with Crippen molar-refractivity contribution in [2.45, 2.75) is 0 Å². The molecule has 0 aliphatic carbocycles. The van der Waals surface area contributed by atoms with Crippen molar-refractivity contribution in [1.82, 2.24) is 0 Å². The van der Waals surface area contributed by atoms with Gasteiger partial charge < -0.3 is 14.8 Å². The van der Waals surface area contributed by atoms with Crippen LogP contribution in [0, 0.1) is 5.82 Å². The van der Waals surface area contributed by atoms with Crippen LogP contribution >= 0.6 is 23.2 Å². The maximum Gasteiger partial charge on any atom is 0.262 e. The number of amides is 1. The van der Waals surface area contributed by atoms with Crippen molar-refractivity contribution < 1.29 is 18.7 Å². The lowest BCUT2D eigenvalue weighted by Gasteiger charge is -2.10. The predicted octanol–water partition coefficient (Wildman–Crippen LogP) is 5.91. The first-order chi connectivity index (χ1) is 14.5. The average molecular weight is 447 g/mol. The molecular weight excluding hydrogens is 430 g/mol. The van der Waals surface area contributed by atoms with Crippen molar-refractivity contribution in [2.75, 3.05) is 19.0 Å². The van der Waals surface area contributed by atoms with Gasteiger partial charge in [-0.3, -0.25) is 9.79 Å². The van der Waals surface area contributed by atoms with Gasteiger partial charge >= 0.3 is 0 Å². The molecular formula is C22H17Cl2FN2O3. The SMILES string of the molecule is COc1ccc(Cl)cc1N=Cc1ccc(OCC(=O)Nc2ccccc2F)c(Cl)c1. The average Bonchev–Trinajstić information content (AvgIpc) is 2.73. The van der Waals surface area contributed by atoms with E-state index in [1.54, 1.807) is 55.8 Å². The molecule has 0 saturated carbocycles. The number of carbonyl (C=O) groups excluding carboxylic acids is 1. The maximum absolute atomic E-state index is 13.6. The van der Waals surface area contributed by atoms with Gasteiger partial charge in [-0.1, -0.05) is 35.3 Å². The molecule has 1 N–H and O–H groups in total. The van der Waals surface area contributed by atoms with Gasteiger partial charge in [0.15, 0.2) is 6.61 Å². The van der Waals surface area contributed by atoms with Crippen molar-refractivity contribution in [1.29, 1.82) is 0 Å². The number of nitrogens with zero attached hydrogens (tertiary/aromatic N) is 1. The Balaban J connectivity index is 1.63. The number of benzene rings is 3. The van der Waals surface area contributed by atoms with Gasteiger partial charge in [-0.05, 0) is 54.1 Å². The van der Waals surface area contributed by atoms with E-state index in [1.165, 1.54) is 18.2 Å². The number of ether oxygens (including phenoxy) is 2. The smallest absolute Gasteiger partial charge is 0.262 e. The Kier molecular flexibility index (Phi) is 7.27. The van der Waals surface area contributed by atoms with E-state index in [0.29, 0.717) is 32.8 Å². The first-order valence-electron chi connectivity index (χ1n) is 8.80. The van der Waals surface area contributed by atoms with Crippen LogP contribution in [0.2, 0.25) is 10.0 Å². The van der Waals surface area contributed by atoms with Crippen LogP contribution < -0.4 is 14.8 Å². The zero-order valence-electron chi connectivity index (χ0n) is 15.9. The fraction of sp³-hybridized carbons (Fsp3) is 0.0909. The van der Waals surface area contributed by atoms with Crippen LogP contribution in [-0.2, 0) is 4.79 Å². The van der Waals surface area contributed by atoms with Gasteiger partial charge in [0.25, 0.3) is 5.91 Å². The summed E-state index contributed by atoms with van der Waals surface area (Å²) in [5.74, 6) is -0.126. The third kappa shape index (κ3) is 5.72. The number of para-hydroxylation sites is 1. The van der Waals surface area contributed by atoms with E-state index in [0.717, 1.165) is 0 Å². The summed E-state index contributed by atoms with van der Waals surface area (Å²) in [6, 6.07) is 16.0. The van der Waals surface area contributed by atoms with Crippen LogP contribution in [0.4, 0.5) is 15.8 Å². The molecule has 0 unspecified atom stereocenters. The minimum absolute atomic E-state index is 0.0835. The highest BCUT2D eigenvalue weighted by molar-refractivity contribution is 6.32. The van der Waals surface area contributed by atoms with Gasteiger partial charge in [-0.2, -0.15) is 0 Å². The Morgan fingerprint density at radius 2 is 1.87 bits per heavy atom. The Labute approximate surface area is 183 Å². The van der Waals surface area contributed by atoms with Crippen molar-refractivity contribution in [3.05, 3.63) is 82.1 Å². The summed E-state index contributed by atoms with van der Waals surface area (Å²) in [6.07, 6.45) is 1.61. The number of hydrogen-bond acceptors (Lipinski definition) is 4. The molecule has 0 radical (unpaired) electrons. The lowest BCUT2D eigenvalue weighted by Crippen LogP contribution is -2.20. The maximum atomic E-state index is 13.6. The second kappa shape index (κ2) is 10.1. The van der Waals surface area contributed by atoms with Gasteiger partial charge in [-0.25, -0.2) is 4.39 Å². The molecule has 5 nitrogen and oxygen atoms in total. The quantitative estimate of drug-likeness (QED) is 0.458. The molecule has 1 amide bonds. The Morgan fingerprint density at radius 1 is 1.10 bits per heavy atom. The van der Waals surface area contributed by atoms with Gasteiger partial charge in [0.2, 0.25) is 0 Å². The normalized spacial score (nSPS) is 10.8. The predicted molar refractivity (Wildman–Crippen MR) is 117 cm³/mol. The highest BCUT2D eigenvalue weighted by Gasteiger charge is 2.09. The summed E-state index contributed by atoms with van der Waals surface area (Å²) in [5, 5.41) is 3.28. The number of aliphatic imine (C=N–C) groups is 1. The molecule has 3 rings (SSSR count). The molecule has 3 aromatic carbocycles. The van der Waals surface area contributed by atoms with E-state index in [-0.39, 0.29) is 12.3 Å². The number of carbonyl (C=O) groups is 1. The van der Waals surface area contributed by atoms with E-state index < -0.39 is 11.7 Å². The van der Waals surface area contributed by atoms with E-state index in [4.69, 9.17) is 32.7 Å². The summed E-state index contributed by atoms with van der Waals surface area (Å²) < 4.78 is 24.3. The Morgan fingerprint density at radius 3 is 2.60 bits per heavy atom. The molecule has 30 heavy (non-hydrogen) atoms. The molecule has 0 atom stereocenters. The third-order valence-corrected chi connectivity index (χ3v) is 4.49. The van der Waals surface area contributed by atoms with Crippen LogP contribution in [0.3, 0.4) is 0 Å². The van der Waals surface area contributed by atoms with Crippen LogP contribution in [0.25, 0.3) is 0 Å². The summed E-state index contributed by atoms with van der Waals surface area (Å²) in [5.41, 5.74) is 1.37. The topological polar surface area (TPSA) is 59.9 Å². The van der Waals surface area contributed by atoms with Gasteiger partial charge in [0, 0.05) is 11.2 Å². The van der Waals surface area contributed by atoms with Crippen LogP contribution in [0.5, 0.6) is 11.5 Å². The molecule has 8 heteroatoms. The molecule has 0 fully saturated rings. The van der Waals surface area contributed by atoms with E-state index in [2.05, 4.69) is 10.3 Å². The second-order valence-corrected chi connectivity index (χ2v) is 6.92. The molecule has 154 valence electrons. The second-order valence-electron chi connectivity index (χ2n) is 6.08. The fourth-order valence-corrected chi connectivity index (χ4v) is 2.92. The number of anilines is 1. The number of halogens is 3. The Bertz CT molecular complexity index is 1090. The number of nitrogens with one attached hydrogen (secondary N) is 1. The standard InChI is InChI=1S/C22H17Cl2FN2O3/c1-29-21-9-7-15(23)11-19(21)26-12-14-6-8-20(16(24)10-14)30-13-22(28)27-18-5-3-2-4-17(18)25/h2-12H,13H2,1H3,(H,27,28). The summed E-state index contributed by atoms with van der Waals surface area (Å²) in [7, 11) is 1.55. The molecule has 3 aromatic rings. The zero-order valence-corrected chi connectivity index (χ0v) is 17.4.